The van der Waals surface area contributed by atoms with Crippen LogP contribution in [0.1, 0.15) is 43.0 Å². The summed E-state index contributed by atoms with van der Waals surface area (Å²) in [6, 6.07) is 6.93. The maximum Gasteiger partial charge on any atom is 0.227 e. The maximum absolute atomic E-state index is 12.3. The molecule has 1 saturated carbocycles. The number of carbonyl (C=O) groups is 3. The Morgan fingerprint density at radius 2 is 1.57 bits per heavy atom. The van der Waals surface area contributed by atoms with Crippen molar-refractivity contribution in [1.82, 2.24) is 4.90 Å². The highest BCUT2D eigenvalue weighted by molar-refractivity contribution is 5.96. The molecule has 0 bridgehead atoms. The van der Waals surface area contributed by atoms with Gasteiger partial charge in [0.2, 0.25) is 11.8 Å². The lowest BCUT2D eigenvalue weighted by atomic mass is 9.95. The van der Waals surface area contributed by atoms with Crippen LogP contribution >= 0.6 is 0 Å². The van der Waals surface area contributed by atoms with E-state index in [1.165, 1.54) is 6.92 Å². The third-order valence-corrected chi connectivity index (χ3v) is 4.66. The van der Waals surface area contributed by atoms with Gasteiger partial charge in [-0.05, 0) is 56.9 Å². The molecule has 2 fully saturated rings. The fourth-order valence-corrected chi connectivity index (χ4v) is 2.98. The van der Waals surface area contributed by atoms with E-state index in [2.05, 4.69) is 5.32 Å². The van der Waals surface area contributed by atoms with Crippen molar-refractivity contribution in [2.75, 3.05) is 18.4 Å². The van der Waals surface area contributed by atoms with Gasteiger partial charge >= 0.3 is 0 Å². The molecule has 5 heteroatoms. The van der Waals surface area contributed by atoms with Crippen LogP contribution in [0.5, 0.6) is 0 Å². The molecular weight excluding hydrogens is 292 g/mol. The Morgan fingerprint density at radius 3 is 2.09 bits per heavy atom. The number of likely N-dealkylation sites (tertiary alicyclic amines) is 1. The highest BCUT2D eigenvalue weighted by atomic mass is 16.2. The molecule has 1 aromatic carbocycles. The van der Waals surface area contributed by atoms with Gasteiger partial charge in [0.25, 0.3) is 0 Å². The summed E-state index contributed by atoms with van der Waals surface area (Å²) < 4.78 is 0. The second-order valence-corrected chi connectivity index (χ2v) is 6.50. The first kappa shape index (κ1) is 15.7. The molecule has 1 heterocycles. The summed E-state index contributed by atoms with van der Waals surface area (Å²) in [5.74, 6) is 0.476. The molecule has 5 nitrogen and oxygen atoms in total. The summed E-state index contributed by atoms with van der Waals surface area (Å²) in [7, 11) is 0. The topological polar surface area (TPSA) is 66.5 Å². The van der Waals surface area contributed by atoms with Gasteiger partial charge in [0.15, 0.2) is 5.78 Å². The molecule has 1 aliphatic heterocycles. The van der Waals surface area contributed by atoms with Crippen molar-refractivity contribution in [3.05, 3.63) is 29.8 Å². The van der Waals surface area contributed by atoms with Crippen LogP contribution in [0.2, 0.25) is 0 Å². The van der Waals surface area contributed by atoms with Gasteiger partial charge in [-0.25, -0.2) is 0 Å². The quantitative estimate of drug-likeness (QED) is 0.868. The number of Topliss-reactive ketones (excluding diaryl/α,β-unsaturated/α-hetero) is 1. The zero-order chi connectivity index (χ0) is 16.4. The second kappa shape index (κ2) is 6.52. The summed E-state index contributed by atoms with van der Waals surface area (Å²) in [6.45, 7) is 2.87. The van der Waals surface area contributed by atoms with Gasteiger partial charge in [-0.3, -0.25) is 14.4 Å². The fraction of sp³-hybridized carbons (Fsp3) is 0.500. The Morgan fingerprint density at radius 1 is 0.957 bits per heavy atom. The smallest absolute Gasteiger partial charge is 0.227 e. The van der Waals surface area contributed by atoms with Gasteiger partial charge in [0, 0.05) is 36.2 Å². The Labute approximate surface area is 136 Å². The number of ketones is 1. The van der Waals surface area contributed by atoms with Crippen LogP contribution in [0.4, 0.5) is 5.69 Å². The third-order valence-electron chi connectivity index (χ3n) is 4.66. The van der Waals surface area contributed by atoms with Gasteiger partial charge in [-0.1, -0.05) is 0 Å². The lowest BCUT2D eigenvalue weighted by Crippen LogP contribution is -2.42. The average molecular weight is 314 g/mol. The van der Waals surface area contributed by atoms with Crippen molar-refractivity contribution < 1.29 is 14.4 Å². The Balaban J connectivity index is 1.51. The summed E-state index contributed by atoms with van der Waals surface area (Å²) in [5.41, 5.74) is 1.34. The molecule has 0 aromatic heterocycles. The van der Waals surface area contributed by atoms with Gasteiger partial charge < -0.3 is 10.2 Å². The number of hydrogen-bond acceptors (Lipinski definition) is 3. The maximum atomic E-state index is 12.3. The van der Waals surface area contributed by atoms with E-state index in [0.29, 0.717) is 24.3 Å². The molecule has 0 radical (unpaired) electrons. The van der Waals surface area contributed by atoms with E-state index in [-0.39, 0.29) is 29.4 Å². The van der Waals surface area contributed by atoms with Crippen molar-refractivity contribution in [3.63, 3.8) is 0 Å². The summed E-state index contributed by atoms with van der Waals surface area (Å²) >= 11 is 0. The van der Waals surface area contributed by atoms with Gasteiger partial charge in [0.1, 0.15) is 0 Å². The van der Waals surface area contributed by atoms with Gasteiger partial charge in [-0.2, -0.15) is 0 Å². The zero-order valence-electron chi connectivity index (χ0n) is 13.4. The predicted octanol–water partition coefficient (Wildman–Crippen LogP) is 2.48. The molecular formula is C18H22N2O3. The van der Waals surface area contributed by atoms with E-state index in [4.69, 9.17) is 0 Å². The van der Waals surface area contributed by atoms with Crippen LogP contribution in [0.25, 0.3) is 0 Å². The Kier molecular flexibility index (Phi) is 4.46. The molecule has 3 rings (SSSR count). The van der Waals surface area contributed by atoms with Crippen molar-refractivity contribution in [1.29, 1.82) is 0 Å². The minimum Gasteiger partial charge on any atom is -0.342 e. The fourth-order valence-electron chi connectivity index (χ4n) is 2.98. The van der Waals surface area contributed by atoms with Crippen LogP contribution in [0, 0.1) is 11.8 Å². The molecule has 0 atom stereocenters. The summed E-state index contributed by atoms with van der Waals surface area (Å²) in [4.78, 5) is 37.5. The molecule has 1 saturated heterocycles. The largest absolute Gasteiger partial charge is 0.342 e. The van der Waals surface area contributed by atoms with E-state index < -0.39 is 0 Å². The molecule has 2 amide bonds. The lowest BCUT2D eigenvalue weighted by molar-refractivity contribution is -0.135. The number of piperidine rings is 1. The van der Waals surface area contributed by atoms with Crippen molar-refractivity contribution >= 4 is 23.3 Å². The highest BCUT2D eigenvalue weighted by Gasteiger charge is 2.35. The van der Waals surface area contributed by atoms with E-state index in [0.717, 1.165) is 25.7 Å². The summed E-state index contributed by atoms with van der Waals surface area (Å²) in [5, 5.41) is 2.90. The van der Waals surface area contributed by atoms with Crippen molar-refractivity contribution in [3.8, 4) is 0 Å². The number of carbonyl (C=O) groups excluding carboxylic acids is 3. The molecule has 1 aliphatic carbocycles. The number of benzene rings is 1. The Hall–Kier alpha value is -2.17. The first-order valence-electron chi connectivity index (χ1n) is 8.25. The van der Waals surface area contributed by atoms with Crippen LogP contribution in [-0.4, -0.2) is 35.6 Å². The molecule has 23 heavy (non-hydrogen) atoms. The van der Waals surface area contributed by atoms with E-state index in [1.807, 2.05) is 4.90 Å². The molecule has 1 aromatic rings. The van der Waals surface area contributed by atoms with E-state index in [1.54, 1.807) is 24.3 Å². The average Bonchev–Trinajstić information content (AvgIpc) is 3.40. The van der Waals surface area contributed by atoms with Crippen LogP contribution in [0.3, 0.4) is 0 Å². The standard InChI is InChI=1S/C18H22N2O3/c1-12(21)13-4-6-16(7-5-13)19-17(22)14-8-10-20(11-9-14)18(23)15-2-3-15/h4-7,14-15H,2-3,8-11H2,1H3,(H,19,22). The minimum atomic E-state index is -0.0502. The van der Waals surface area contributed by atoms with Crippen LogP contribution in [0.15, 0.2) is 24.3 Å². The zero-order valence-corrected chi connectivity index (χ0v) is 13.4. The first-order valence-corrected chi connectivity index (χ1v) is 8.25. The van der Waals surface area contributed by atoms with Gasteiger partial charge in [0.05, 0.1) is 0 Å². The number of hydrogen-bond donors (Lipinski definition) is 1. The molecule has 1 N–H and O–H groups in total. The molecule has 2 aliphatic rings. The van der Waals surface area contributed by atoms with Crippen LogP contribution < -0.4 is 5.32 Å². The predicted molar refractivity (Wildman–Crippen MR) is 87.1 cm³/mol. The SMILES string of the molecule is CC(=O)c1ccc(NC(=O)C2CCN(C(=O)C3CC3)CC2)cc1. The minimum absolute atomic E-state index is 0.000837. The molecule has 0 spiro atoms. The third kappa shape index (κ3) is 3.78. The molecule has 122 valence electrons. The highest BCUT2D eigenvalue weighted by Crippen LogP contribution is 2.32. The van der Waals surface area contributed by atoms with E-state index in [9.17, 15) is 14.4 Å². The van der Waals surface area contributed by atoms with Crippen LogP contribution in [-0.2, 0) is 9.59 Å². The second-order valence-electron chi connectivity index (χ2n) is 6.50. The van der Waals surface area contributed by atoms with Crippen molar-refractivity contribution in [2.24, 2.45) is 11.8 Å². The number of nitrogens with one attached hydrogen (secondary N) is 1. The number of anilines is 1. The lowest BCUT2D eigenvalue weighted by Gasteiger charge is -2.31. The number of rotatable bonds is 4. The molecule has 0 unspecified atom stereocenters. The summed E-state index contributed by atoms with van der Waals surface area (Å²) in [6.07, 6.45) is 3.48. The first-order chi connectivity index (χ1) is 11.0. The Bertz CT molecular complexity index is 612. The number of nitrogens with zero attached hydrogens (tertiary/aromatic N) is 1. The monoisotopic (exact) mass is 314 g/mol. The van der Waals surface area contributed by atoms with Gasteiger partial charge in [-0.15, -0.1) is 0 Å². The van der Waals surface area contributed by atoms with E-state index >= 15 is 0 Å². The number of amides is 2. The van der Waals surface area contributed by atoms with Crippen molar-refractivity contribution in [2.45, 2.75) is 32.6 Å². The normalized spacial score (nSPS) is 18.6.